The lowest BCUT2D eigenvalue weighted by atomic mass is 10.2. The fourth-order valence-electron chi connectivity index (χ4n) is 1.60. The Balaban J connectivity index is 2.58. The average molecular weight is 244 g/mol. The van der Waals surface area contributed by atoms with Crippen LogP contribution in [-0.4, -0.2) is 15.0 Å². The van der Waals surface area contributed by atoms with E-state index in [9.17, 15) is 8.42 Å². The highest BCUT2D eigenvalue weighted by Gasteiger charge is 2.28. The predicted octanol–water partition coefficient (Wildman–Crippen LogP) is 1.82. The van der Waals surface area contributed by atoms with Gasteiger partial charge in [0.15, 0.2) is 0 Å². The van der Waals surface area contributed by atoms with E-state index in [1.165, 1.54) is 6.07 Å². The summed E-state index contributed by atoms with van der Waals surface area (Å²) in [6.45, 7) is 0.326. The van der Waals surface area contributed by atoms with Gasteiger partial charge in [-0.3, -0.25) is 0 Å². The van der Waals surface area contributed by atoms with E-state index >= 15 is 0 Å². The fraction of sp³-hybridized carbons (Fsp3) is 0.200. The van der Waals surface area contributed by atoms with E-state index in [0.717, 1.165) is 0 Å². The molecule has 5 heteroatoms. The third-order valence-electron chi connectivity index (χ3n) is 2.32. The fourth-order valence-corrected chi connectivity index (χ4v) is 3.51. The molecule has 1 heterocycles. The number of sulfone groups is 1. The van der Waals surface area contributed by atoms with E-state index in [1.807, 2.05) is 0 Å². The first kappa shape index (κ1) is 10.7. The first-order chi connectivity index (χ1) is 7.05. The van der Waals surface area contributed by atoms with Gasteiger partial charge in [0.05, 0.1) is 9.80 Å². The molecule has 0 aliphatic carbocycles. The summed E-state index contributed by atoms with van der Waals surface area (Å²) in [4.78, 5) is 0.667. The van der Waals surface area contributed by atoms with Crippen molar-refractivity contribution in [2.45, 2.75) is 11.3 Å². The highest BCUT2D eigenvalue weighted by Crippen LogP contribution is 2.35. The van der Waals surface area contributed by atoms with Crippen LogP contribution in [0.2, 0.25) is 5.02 Å². The van der Waals surface area contributed by atoms with E-state index in [-0.39, 0.29) is 0 Å². The van der Waals surface area contributed by atoms with Gasteiger partial charge in [-0.15, -0.1) is 0 Å². The summed E-state index contributed by atoms with van der Waals surface area (Å²) in [5, 5.41) is 0.430. The topological polar surface area (TPSA) is 60.2 Å². The lowest BCUT2D eigenvalue weighted by Gasteiger charge is -2.02. The second kappa shape index (κ2) is 3.63. The van der Waals surface area contributed by atoms with Crippen LogP contribution in [0.3, 0.4) is 0 Å². The monoisotopic (exact) mass is 243 g/mol. The average Bonchev–Trinajstić information content (AvgIpc) is 2.41. The van der Waals surface area contributed by atoms with Gasteiger partial charge in [-0.25, -0.2) is 8.42 Å². The molecule has 0 amide bonds. The molecule has 1 aromatic rings. The van der Waals surface area contributed by atoms with Gasteiger partial charge >= 0.3 is 0 Å². The van der Waals surface area contributed by atoms with Crippen molar-refractivity contribution in [1.29, 1.82) is 0 Å². The Kier molecular flexibility index (Phi) is 2.58. The Bertz CT molecular complexity index is 534. The van der Waals surface area contributed by atoms with E-state index in [1.54, 1.807) is 18.2 Å². The van der Waals surface area contributed by atoms with Crippen molar-refractivity contribution in [1.82, 2.24) is 0 Å². The van der Waals surface area contributed by atoms with Crippen LogP contribution >= 0.6 is 11.6 Å². The smallest absolute Gasteiger partial charge is 0.203 e. The molecular weight excluding hydrogens is 234 g/mol. The third-order valence-corrected chi connectivity index (χ3v) is 4.50. The minimum Gasteiger partial charge on any atom is -0.330 e. The molecule has 0 aromatic heterocycles. The van der Waals surface area contributed by atoms with Crippen LogP contribution in [0.5, 0.6) is 0 Å². The molecule has 0 saturated heterocycles. The van der Waals surface area contributed by atoms with Crippen LogP contribution < -0.4 is 5.73 Å². The highest BCUT2D eigenvalue weighted by atomic mass is 35.5. The van der Waals surface area contributed by atoms with E-state index < -0.39 is 9.84 Å². The largest absolute Gasteiger partial charge is 0.330 e. The Morgan fingerprint density at radius 1 is 1.33 bits per heavy atom. The number of fused-ring (bicyclic) bond motifs is 1. The van der Waals surface area contributed by atoms with Crippen LogP contribution in [0.1, 0.15) is 12.0 Å². The third kappa shape index (κ3) is 1.69. The van der Waals surface area contributed by atoms with Crippen molar-refractivity contribution in [3.8, 4) is 0 Å². The summed E-state index contributed by atoms with van der Waals surface area (Å²) in [6.07, 6.45) is 2.03. The molecule has 1 aliphatic heterocycles. The van der Waals surface area contributed by atoms with Gasteiger partial charge in [-0.05, 0) is 36.7 Å². The normalized spacial score (nSPS) is 17.3. The van der Waals surface area contributed by atoms with Gasteiger partial charge < -0.3 is 5.73 Å². The summed E-state index contributed by atoms with van der Waals surface area (Å²) in [7, 11) is -3.33. The van der Waals surface area contributed by atoms with E-state index in [0.29, 0.717) is 33.4 Å². The molecule has 0 saturated carbocycles. The zero-order chi connectivity index (χ0) is 11.1. The van der Waals surface area contributed by atoms with Gasteiger partial charge in [-0.2, -0.15) is 0 Å². The lowest BCUT2D eigenvalue weighted by Crippen LogP contribution is -2.06. The van der Waals surface area contributed by atoms with Gasteiger partial charge in [0.25, 0.3) is 0 Å². The second-order valence-corrected chi connectivity index (χ2v) is 5.74. The van der Waals surface area contributed by atoms with Crippen LogP contribution in [-0.2, 0) is 9.84 Å². The SMILES string of the molecule is NCCC1=Cc2ccc(Cl)cc2S1(=O)=O. The molecule has 0 unspecified atom stereocenters. The summed E-state index contributed by atoms with van der Waals surface area (Å²) >= 11 is 5.76. The molecule has 0 fully saturated rings. The van der Waals surface area contributed by atoms with Crippen molar-refractivity contribution in [3.63, 3.8) is 0 Å². The molecule has 1 aromatic carbocycles. The van der Waals surface area contributed by atoms with Crippen molar-refractivity contribution in [2.75, 3.05) is 6.54 Å². The Morgan fingerprint density at radius 3 is 2.73 bits per heavy atom. The second-order valence-electron chi connectivity index (χ2n) is 3.33. The standard InChI is InChI=1S/C10H10ClNO2S/c11-8-2-1-7-5-9(3-4-12)15(13,14)10(7)6-8/h1-2,5-6H,3-4,12H2. The zero-order valence-electron chi connectivity index (χ0n) is 7.90. The van der Waals surface area contributed by atoms with Crippen LogP contribution in [0.4, 0.5) is 0 Å². The maximum Gasteiger partial charge on any atom is 0.203 e. The molecular formula is C10H10ClNO2S. The Hall–Kier alpha value is -0.840. The Labute approximate surface area is 93.5 Å². The first-order valence-corrected chi connectivity index (χ1v) is 6.37. The molecule has 0 radical (unpaired) electrons. The molecule has 0 spiro atoms. The highest BCUT2D eigenvalue weighted by molar-refractivity contribution is 7.95. The molecule has 2 rings (SSSR count). The minimum absolute atomic E-state index is 0.290. The van der Waals surface area contributed by atoms with Crippen molar-refractivity contribution in [3.05, 3.63) is 33.7 Å². The summed E-state index contributed by atoms with van der Waals surface area (Å²) in [6, 6.07) is 4.86. The van der Waals surface area contributed by atoms with Gasteiger partial charge in [0.1, 0.15) is 0 Å². The van der Waals surface area contributed by atoms with Crippen LogP contribution in [0, 0.1) is 0 Å². The van der Waals surface area contributed by atoms with Crippen LogP contribution in [0.25, 0.3) is 6.08 Å². The zero-order valence-corrected chi connectivity index (χ0v) is 9.48. The number of halogens is 1. The lowest BCUT2D eigenvalue weighted by molar-refractivity contribution is 0.601. The summed E-state index contributed by atoms with van der Waals surface area (Å²) < 4.78 is 23.9. The van der Waals surface area contributed by atoms with E-state index in [2.05, 4.69) is 0 Å². The number of benzene rings is 1. The molecule has 3 nitrogen and oxygen atoms in total. The molecule has 2 N–H and O–H groups in total. The molecule has 0 bridgehead atoms. The molecule has 15 heavy (non-hydrogen) atoms. The summed E-state index contributed by atoms with van der Waals surface area (Å²) in [5.41, 5.74) is 6.06. The predicted molar refractivity (Wildman–Crippen MR) is 60.3 cm³/mol. The van der Waals surface area contributed by atoms with Crippen molar-refractivity contribution < 1.29 is 8.42 Å². The first-order valence-electron chi connectivity index (χ1n) is 4.51. The Morgan fingerprint density at radius 2 is 2.07 bits per heavy atom. The van der Waals surface area contributed by atoms with Crippen molar-refractivity contribution >= 4 is 27.5 Å². The molecule has 0 atom stereocenters. The number of rotatable bonds is 2. The number of hydrogen-bond donors (Lipinski definition) is 1. The van der Waals surface area contributed by atoms with Gasteiger partial charge in [-0.1, -0.05) is 17.7 Å². The maximum absolute atomic E-state index is 11.9. The summed E-state index contributed by atoms with van der Waals surface area (Å²) in [5.74, 6) is 0. The number of nitrogens with two attached hydrogens (primary N) is 1. The van der Waals surface area contributed by atoms with Crippen LogP contribution in [0.15, 0.2) is 28.0 Å². The molecule has 1 aliphatic rings. The number of hydrogen-bond acceptors (Lipinski definition) is 3. The van der Waals surface area contributed by atoms with E-state index in [4.69, 9.17) is 17.3 Å². The molecule has 80 valence electrons. The van der Waals surface area contributed by atoms with Gasteiger partial charge in [0, 0.05) is 5.02 Å². The van der Waals surface area contributed by atoms with Crippen molar-refractivity contribution in [2.24, 2.45) is 5.73 Å². The quantitative estimate of drug-likeness (QED) is 0.862. The van der Waals surface area contributed by atoms with Gasteiger partial charge in [0.2, 0.25) is 9.84 Å². The maximum atomic E-state index is 11.9. The minimum atomic E-state index is -3.33.